The fourth-order valence-corrected chi connectivity index (χ4v) is 2.27. The van der Waals surface area contributed by atoms with Crippen molar-refractivity contribution in [2.45, 2.75) is 12.3 Å². The lowest BCUT2D eigenvalue weighted by atomic mass is 9.86. The van der Waals surface area contributed by atoms with Gasteiger partial charge < -0.3 is 10.1 Å². The summed E-state index contributed by atoms with van der Waals surface area (Å²) in [7, 11) is 1.45. The van der Waals surface area contributed by atoms with Crippen molar-refractivity contribution in [1.82, 2.24) is 5.32 Å². The summed E-state index contributed by atoms with van der Waals surface area (Å²) in [5.74, 6) is 0.302. The molecule has 1 heterocycles. The molecule has 1 N–H and O–H groups in total. The Kier molecular flexibility index (Phi) is 3.57. The van der Waals surface area contributed by atoms with E-state index in [1.54, 1.807) is 0 Å². The first-order valence-corrected chi connectivity index (χ1v) is 5.64. The molecule has 0 aromatic heterocycles. The highest BCUT2D eigenvalue weighted by atomic mass is 16.5. The molecule has 2 atom stereocenters. The number of ether oxygens (including phenoxy) is 1. The Morgan fingerprint density at radius 3 is 2.75 bits per heavy atom. The van der Waals surface area contributed by atoms with Crippen molar-refractivity contribution >= 4 is 5.97 Å². The molecule has 0 spiro atoms. The van der Waals surface area contributed by atoms with Gasteiger partial charge in [0.05, 0.1) is 13.0 Å². The van der Waals surface area contributed by atoms with Crippen LogP contribution in [0.25, 0.3) is 0 Å². The number of carbonyl (C=O) groups is 1. The molecule has 0 aliphatic carbocycles. The number of benzene rings is 1. The van der Waals surface area contributed by atoms with Gasteiger partial charge in [-0.2, -0.15) is 0 Å². The quantitative estimate of drug-likeness (QED) is 0.767. The van der Waals surface area contributed by atoms with Gasteiger partial charge in [-0.05, 0) is 17.9 Å². The molecule has 1 aliphatic heterocycles. The number of hydrogen-bond acceptors (Lipinski definition) is 3. The van der Waals surface area contributed by atoms with Gasteiger partial charge >= 0.3 is 5.97 Å². The second-order valence-corrected chi connectivity index (χ2v) is 4.22. The van der Waals surface area contributed by atoms with Gasteiger partial charge in [0.15, 0.2) is 0 Å². The van der Waals surface area contributed by atoms with Gasteiger partial charge in [-0.3, -0.25) is 4.79 Å². The second kappa shape index (κ2) is 5.12. The van der Waals surface area contributed by atoms with E-state index in [1.165, 1.54) is 12.7 Å². The third kappa shape index (κ3) is 2.42. The average Bonchev–Trinajstić information content (AvgIpc) is 2.39. The molecule has 0 radical (unpaired) electrons. The lowest BCUT2D eigenvalue weighted by molar-refractivity contribution is -0.146. The van der Waals surface area contributed by atoms with E-state index >= 15 is 0 Å². The van der Waals surface area contributed by atoms with Crippen LogP contribution in [0.4, 0.5) is 0 Å². The van der Waals surface area contributed by atoms with Crippen molar-refractivity contribution in [1.29, 1.82) is 0 Å². The zero-order valence-electron chi connectivity index (χ0n) is 9.48. The summed E-state index contributed by atoms with van der Waals surface area (Å²) < 4.78 is 4.79. The van der Waals surface area contributed by atoms with Gasteiger partial charge in [0.25, 0.3) is 0 Å². The molecule has 2 rings (SSSR count). The van der Waals surface area contributed by atoms with Crippen LogP contribution in [-0.4, -0.2) is 26.2 Å². The smallest absolute Gasteiger partial charge is 0.309 e. The first-order valence-electron chi connectivity index (χ1n) is 5.64. The molecule has 16 heavy (non-hydrogen) atoms. The summed E-state index contributed by atoms with van der Waals surface area (Å²) in [6.45, 7) is 1.67. The normalized spacial score (nSPS) is 25.1. The van der Waals surface area contributed by atoms with E-state index < -0.39 is 0 Å². The number of piperidine rings is 1. The molecular weight excluding hydrogens is 202 g/mol. The monoisotopic (exact) mass is 219 g/mol. The molecule has 1 aromatic rings. The molecule has 0 amide bonds. The number of nitrogens with one attached hydrogen (secondary N) is 1. The Labute approximate surface area is 95.8 Å². The van der Waals surface area contributed by atoms with Crippen LogP contribution in [0, 0.1) is 5.92 Å². The fourth-order valence-electron chi connectivity index (χ4n) is 2.27. The van der Waals surface area contributed by atoms with Crippen LogP contribution in [-0.2, 0) is 9.53 Å². The zero-order chi connectivity index (χ0) is 11.4. The summed E-state index contributed by atoms with van der Waals surface area (Å²) in [4.78, 5) is 11.5. The zero-order valence-corrected chi connectivity index (χ0v) is 9.48. The highest BCUT2D eigenvalue weighted by Crippen LogP contribution is 2.26. The lowest BCUT2D eigenvalue weighted by Gasteiger charge is -2.28. The predicted octanol–water partition coefficient (Wildman–Crippen LogP) is 1.55. The minimum absolute atomic E-state index is 0.0102. The molecule has 1 saturated heterocycles. The maximum absolute atomic E-state index is 11.5. The van der Waals surface area contributed by atoms with Gasteiger partial charge in [-0.25, -0.2) is 0 Å². The Morgan fingerprint density at radius 1 is 1.31 bits per heavy atom. The van der Waals surface area contributed by atoms with Crippen molar-refractivity contribution in [2.24, 2.45) is 5.92 Å². The maximum Gasteiger partial charge on any atom is 0.309 e. The van der Waals surface area contributed by atoms with Crippen LogP contribution in [0.1, 0.15) is 17.9 Å². The molecular formula is C13H17NO2. The van der Waals surface area contributed by atoms with Gasteiger partial charge in [-0.15, -0.1) is 0 Å². The highest BCUT2D eigenvalue weighted by Gasteiger charge is 2.28. The van der Waals surface area contributed by atoms with Gasteiger partial charge in [0.2, 0.25) is 0 Å². The molecule has 0 bridgehead atoms. The summed E-state index contributed by atoms with van der Waals surface area (Å²) in [6, 6.07) is 10.3. The van der Waals surface area contributed by atoms with Crippen LogP contribution < -0.4 is 5.32 Å². The Bertz CT molecular complexity index is 350. The van der Waals surface area contributed by atoms with Gasteiger partial charge in [0.1, 0.15) is 0 Å². The van der Waals surface area contributed by atoms with Gasteiger partial charge in [0, 0.05) is 13.1 Å². The van der Waals surface area contributed by atoms with Crippen LogP contribution >= 0.6 is 0 Å². The van der Waals surface area contributed by atoms with E-state index in [1.807, 2.05) is 18.2 Å². The number of esters is 1. The lowest BCUT2D eigenvalue weighted by Crippen LogP contribution is -2.39. The highest BCUT2D eigenvalue weighted by molar-refractivity contribution is 5.72. The summed E-state index contributed by atoms with van der Waals surface area (Å²) in [5.41, 5.74) is 1.30. The second-order valence-electron chi connectivity index (χ2n) is 4.22. The van der Waals surface area contributed by atoms with E-state index in [0.29, 0.717) is 5.92 Å². The molecule has 0 saturated carbocycles. The number of rotatable bonds is 2. The first-order chi connectivity index (χ1) is 7.81. The summed E-state index contributed by atoms with van der Waals surface area (Å²) >= 11 is 0. The molecule has 1 aromatic carbocycles. The minimum atomic E-state index is -0.104. The first kappa shape index (κ1) is 11.1. The van der Waals surface area contributed by atoms with E-state index in [-0.39, 0.29) is 11.9 Å². The Morgan fingerprint density at radius 2 is 2.06 bits per heavy atom. The molecule has 1 aliphatic rings. The van der Waals surface area contributed by atoms with E-state index in [2.05, 4.69) is 17.4 Å². The topological polar surface area (TPSA) is 38.3 Å². The van der Waals surface area contributed by atoms with Crippen molar-refractivity contribution in [3.63, 3.8) is 0 Å². The summed E-state index contributed by atoms with van der Waals surface area (Å²) in [5, 5.41) is 3.30. The third-order valence-corrected chi connectivity index (χ3v) is 3.16. The average molecular weight is 219 g/mol. The largest absolute Gasteiger partial charge is 0.469 e. The van der Waals surface area contributed by atoms with Crippen LogP contribution in [0.15, 0.2) is 30.3 Å². The maximum atomic E-state index is 11.5. The molecule has 3 nitrogen and oxygen atoms in total. The van der Waals surface area contributed by atoms with Crippen LogP contribution in [0.5, 0.6) is 0 Å². The standard InChI is InChI=1S/C13H17NO2/c1-16-13(15)12-7-11(8-14-9-12)10-5-3-2-4-6-10/h2-6,11-12,14H,7-9H2,1H3. The Balaban J connectivity index is 2.05. The minimum Gasteiger partial charge on any atom is -0.469 e. The third-order valence-electron chi connectivity index (χ3n) is 3.16. The van der Waals surface area contributed by atoms with Crippen molar-refractivity contribution in [3.05, 3.63) is 35.9 Å². The fraction of sp³-hybridized carbons (Fsp3) is 0.462. The summed E-state index contributed by atoms with van der Waals surface area (Å²) in [6.07, 6.45) is 0.879. The SMILES string of the molecule is COC(=O)C1CNCC(c2ccccc2)C1. The molecule has 2 unspecified atom stereocenters. The number of methoxy groups -OCH3 is 1. The van der Waals surface area contributed by atoms with Gasteiger partial charge in [-0.1, -0.05) is 30.3 Å². The van der Waals surface area contributed by atoms with Crippen molar-refractivity contribution in [2.75, 3.05) is 20.2 Å². The van der Waals surface area contributed by atoms with E-state index in [9.17, 15) is 4.79 Å². The van der Waals surface area contributed by atoms with Crippen molar-refractivity contribution in [3.8, 4) is 0 Å². The number of carbonyl (C=O) groups excluding carboxylic acids is 1. The van der Waals surface area contributed by atoms with E-state index in [4.69, 9.17) is 4.74 Å². The Hall–Kier alpha value is -1.35. The number of hydrogen-bond donors (Lipinski definition) is 1. The molecule has 3 heteroatoms. The predicted molar refractivity (Wildman–Crippen MR) is 62.2 cm³/mol. The van der Waals surface area contributed by atoms with E-state index in [0.717, 1.165) is 19.5 Å². The molecule has 86 valence electrons. The molecule has 1 fully saturated rings. The van der Waals surface area contributed by atoms with Crippen molar-refractivity contribution < 1.29 is 9.53 Å². The van der Waals surface area contributed by atoms with Crippen LogP contribution in [0.2, 0.25) is 0 Å². The van der Waals surface area contributed by atoms with Crippen LogP contribution in [0.3, 0.4) is 0 Å².